The third-order valence-electron chi connectivity index (χ3n) is 6.62. The molecule has 5 heterocycles. The van der Waals surface area contributed by atoms with E-state index >= 15 is 0 Å². The largest absolute Gasteiger partial charge is 0.487 e. The van der Waals surface area contributed by atoms with E-state index in [1.165, 1.54) is 0 Å². The van der Waals surface area contributed by atoms with Gasteiger partial charge in [0.05, 0.1) is 23.9 Å². The van der Waals surface area contributed by atoms with Crippen LogP contribution in [0.3, 0.4) is 0 Å². The predicted octanol–water partition coefficient (Wildman–Crippen LogP) is 2.74. The first-order valence-corrected chi connectivity index (χ1v) is 11.9. The number of rotatable bonds is 5. The second-order valence-corrected chi connectivity index (χ2v) is 9.76. The Kier molecular flexibility index (Phi) is 5.18. The standard InChI is InChI=1S/C25H28N8O2/c1-25(2)12-17-10-20(30-24(34)19-14-29-33-5-3-4-27-23(19)33)21(11-22(17)35-25)32-8-6-31(7-9-32)15-18-13-26-16-28-18/h3-5,10-11,13-14,16H,6-9,12,15H2,1-2H3,(H,26,28)(H,30,34). The first-order valence-electron chi connectivity index (χ1n) is 11.9. The van der Waals surface area contributed by atoms with Crippen LogP contribution in [0.1, 0.15) is 35.5 Å². The molecule has 0 spiro atoms. The molecule has 4 aromatic rings. The topological polar surface area (TPSA) is 104 Å². The minimum Gasteiger partial charge on any atom is -0.487 e. The molecule has 0 atom stereocenters. The summed E-state index contributed by atoms with van der Waals surface area (Å²) in [6, 6.07) is 5.93. The molecule has 0 saturated carbocycles. The Morgan fingerprint density at radius 1 is 1.20 bits per heavy atom. The van der Waals surface area contributed by atoms with Crippen molar-refractivity contribution in [2.45, 2.75) is 32.4 Å². The minimum atomic E-state index is -0.266. The molecule has 2 aliphatic heterocycles. The number of nitrogens with one attached hydrogen (secondary N) is 2. The van der Waals surface area contributed by atoms with Crippen molar-refractivity contribution in [3.8, 4) is 5.75 Å². The summed E-state index contributed by atoms with van der Waals surface area (Å²) < 4.78 is 7.83. The number of nitrogens with zero attached hydrogens (tertiary/aromatic N) is 6. The summed E-state index contributed by atoms with van der Waals surface area (Å²) >= 11 is 0. The number of carbonyl (C=O) groups excluding carboxylic acids is 1. The number of fused-ring (bicyclic) bond motifs is 2. The molecule has 1 saturated heterocycles. The smallest absolute Gasteiger partial charge is 0.261 e. The van der Waals surface area contributed by atoms with E-state index in [2.05, 4.69) is 61.1 Å². The number of imidazole rings is 1. The summed E-state index contributed by atoms with van der Waals surface area (Å²) in [6.45, 7) is 8.53. The van der Waals surface area contributed by atoms with E-state index in [-0.39, 0.29) is 11.5 Å². The van der Waals surface area contributed by atoms with Crippen LogP contribution in [0.2, 0.25) is 0 Å². The van der Waals surface area contributed by atoms with Gasteiger partial charge in [0.2, 0.25) is 0 Å². The molecule has 180 valence electrons. The Labute approximate surface area is 202 Å². The van der Waals surface area contributed by atoms with Crippen LogP contribution in [-0.2, 0) is 13.0 Å². The number of hydrogen-bond acceptors (Lipinski definition) is 7. The van der Waals surface area contributed by atoms with Gasteiger partial charge in [0.1, 0.15) is 16.9 Å². The second-order valence-electron chi connectivity index (χ2n) is 9.76. The van der Waals surface area contributed by atoms with E-state index in [9.17, 15) is 4.79 Å². The molecule has 2 aliphatic rings. The maximum atomic E-state index is 13.3. The lowest BCUT2D eigenvalue weighted by Gasteiger charge is -2.37. The molecule has 10 heteroatoms. The SMILES string of the molecule is CC1(C)Cc2cc(NC(=O)c3cnn4cccnc34)c(N3CCN(Cc4cnc[nH]4)CC3)cc2O1. The van der Waals surface area contributed by atoms with Gasteiger partial charge in [0.25, 0.3) is 5.91 Å². The number of amides is 1. The number of aromatic nitrogens is 5. The molecule has 0 bridgehead atoms. The number of aromatic amines is 1. The quantitative estimate of drug-likeness (QED) is 0.460. The Bertz CT molecular complexity index is 1370. The lowest BCUT2D eigenvalue weighted by Crippen LogP contribution is -2.46. The maximum Gasteiger partial charge on any atom is 0.261 e. The van der Waals surface area contributed by atoms with Crippen LogP contribution in [0.5, 0.6) is 5.75 Å². The van der Waals surface area contributed by atoms with E-state index in [1.807, 2.05) is 6.20 Å². The van der Waals surface area contributed by atoms with Crippen molar-refractivity contribution in [3.63, 3.8) is 0 Å². The first kappa shape index (κ1) is 21.6. The fraction of sp³-hybridized carbons (Fsp3) is 0.360. The second kappa shape index (κ2) is 8.38. The molecule has 1 fully saturated rings. The van der Waals surface area contributed by atoms with Crippen molar-refractivity contribution in [1.82, 2.24) is 29.5 Å². The molecular formula is C25H28N8O2. The summed E-state index contributed by atoms with van der Waals surface area (Å²) in [4.78, 5) is 29.7. The minimum absolute atomic E-state index is 0.226. The average molecular weight is 473 g/mol. The number of piperazine rings is 1. The van der Waals surface area contributed by atoms with Gasteiger partial charge in [-0.3, -0.25) is 9.69 Å². The van der Waals surface area contributed by atoms with Gasteiger partial charge >= 0.3 is 0 Å². The zero-order valence-electron chi connectivity index (χ0n) is 19.9. The van der Waals surface area contributed by atoms with Crippen LogP contribution in [0.4, 0.5) is 11.4 Å². The van der Waals surface area contributed by atoms with Gasteiger partial charge in [-0.15, -0.1) is 0 Å². The number of benzene rings is 1. The normalized spacial score (nSPS) is 17.4. The van der Waals surface area contributed by atoms with E-state index < -0.39 is 0 Å². The highest BCUT2D eigenvalue weighted by Gasteiger charge is 2.32. The molecule has 2 N–H and O–H groups in total. The van der Waals surface area contributed by atoms with E-state index in [0.717, 1.165) is 67.5 Å². The summed E-state index contributed by atoms with van der Waals surface area (Å²) in [5.41, 5.74) is 4.68. The van der Waals surface area contributed by atoms with Crippen molar-refractivity contribution in [3.05, 3.63) is 66.1 Å². The van der Waals surface area contributed by atoms with Gasteiger partial charge in [0.15, 0.2) is 5.65 Å². The predicted molar refractivity (Wildman–Crippen MR) is 132 cm³/mol. The lowest BCUT2D eigenvalue weighted by atomic mass is 10.0. The van der Waals surface area contributed by atoms with Crippen molar-refractivity contribution >= 4 is 22.9 Å². The maximum absolute atomic E-state index is 13.3. The van der Waals surface area contributed by atoms with E-state index in [1.54, 1.807) is 35.5 Å². The molecule has 35 heavy (non-hydrogen) atoms. The van der Waals surface area contributed by atoms with Crippen LogP contribution >= 0.6 is 0 Å². The first-order chi connectivity index (χ1) is 16.9. The molecule has 6 rings (SSSR count). The fourth-order valence-electron chi connectivity index (χ4n) is 4.94. The highest BCUT2D eigenvalue weighted by Crippen LogP contribution is 2.42. The van der Waals surface area contributed by atoms with Crippen LogP contribution in [0, 0.1) is 0 Å². The zero-order valence-corrected chi connectivity index (χ0v) is 19.9. The van der Waals surface area contributed by atoms with Gasteiger partial charge < -0.3 is 19.9 Å². The zero-order chi connectivity index (χ0) is 24.0. The van der Waals surface area contributed by atoms with Crippen LogP contribution in [0.15, 0.2) is 49.3 Å². The monoisotopic (exact) mass is 472 g/mol. The fourth-order valence-corrected chi connectivity index (χ4v) is 4.94. The molecule has 3 aromatic heterocycles. The van der Waals surface area contributed by atoms with Crippen LogP contribution in [-0.4, -0.2) is 67.2 Å². The average Bonchev–Trinajstić information content (AvgIpc) is 3.56. The Morgan fingerprint density at radius 2 is 2.06 bits per heavy atom. The molecule has 1 aromatic carbocycles. The molecular weight excluding hydrogens is 444 g/mol. The van der Waals surface area contributed by atoms with Crippen molar-refractivity contribution < 1.29 is 9.53 Å². The summed E-state index contributed by atoms with van der Waals surface area (Å²) in [5.74, 6) is 0.663. The van der Waals surface area contributed by atoms with Gasteiger partial charge in [0, 0.05) is 75.1 Å². The number of hydrogen-bond donors (Lipinski definition) is 2. The van der Waals surface area contributed by atoms with Gasteiger partial charge in [-0.1, -0.05) is 0 Å². The van der Waals surface area contributed by atoms with Crippen LogP contribution < -0.4 is 15.0 Å². The molecule has 10 nitrogen and oxygen atoms in total. The van der Waals surface area contributed by atoms with Crippen molar-refractivity contribution in [2.24, 2.45) is 0 Å². The third kappa shape index (κ3) is 4.21. The Hall–Kier alpha value is -3.92. The summed E-state index contributed by atoms with van der Waals surface area (Å²) in [6.07, 6.45) is 9.38. The highest BCUT2D eigenvalue weighted by molar-refractivity contribution is 6.09. The van der Waals surface area contributed by atoms with Crippen molar-refractivity contribution in [2.75, 3.05) is 36.4 Å². The summed E-state index contributed by atoms with van der Waals surface area (Å²) in [5, 5.41) is 7.41. The molecule has 1 amide bonds. The molecule has 0 unspecified atom stereocenters. The molecule has 0 radical (unpaired) electrons. The Morgan fingerprint density at radius 3 is 2.86 bits per heavy atom. The van der Waals surface area contributed by atoms with Gasteiger partial charge in [-0.2, -0.15) is 5.10 Å². The molecule has 0 aliphatic carbocycles. The Balaban J connectivity index is 1.27. The highest BCUT2D eigenvalue weighted by atomic mass is 16.5. The lowest BCUT2D eigenvalue weighted by molar-refractivity contribution is 0.102. The number of H-pyrrole nitrogens is 1. The van der Waals surface area contributed by atoms with Crippen molar-refractivity contribution in [1.29, 1.82) is 0 Å². The number of anilines is 2. The number of carbonyl (C=O) groups is 1. The van der Waals surface area contributed by atoms with E-state index in [4.69, 9.17) is 4.74 Å². The number of ether oxygens (including phenoxy) is 1. The van der Waals surface area contributed by atoms with Gasteiger partial charge in [-0.25, -0.2) is 14.5 Å². The summed E-state index contributed by atoms with van der Waals surface area (Å²) in [7, 11) is 0. The van der Waals surface area contributed by atoms with E-state index in [0.29, 0.717) is 11.2 Å². The third-order valence-corrected chi connectivity index (χ3v) is 6.62. The van der Waals surface area contributed by atoms with Gasteiger partial charge in [-0.05, 0) is 26.0 Å². The van der Waals surface area contributed by atoms with Crippen LogP contribution in [0.25, 0.3) is 5.65 Å².